The normalized spacial score (nSPS) is 21.6. The zero-order chi connectivity index (χ0) is 13.5. The van der Waals surface area contributed by atoms with E-state index < -0.39 is 9.84 Å². The standard InChI is InChI=1S/C14H15NO2S2/c1-10-15-14(8-18-10)12-4-2-11(3-5-12)13-6-7-19(16,17)9-13/h2-5,8,13H,6-7,9H2,1H3. The number of rotatable bonds is 2. The highest BCUT2D eigenvalue weighted by molar-refractivity contribution is 7.91. The lowest BCUT2D eigenvalue weighted by molar-refractivity contribution is 0.601. The molecule has 100 valence electrons. The van der Waals surface area contributed by atoms with Crippen LogP contribution in [-0.2, 0) is 9.84 Å². The lowest BCUT2D eigenvalue weighted by atomic mass is 9.97. The van der Waals surface area contributed by atoms with Crippen molar-refractivity contribution >= 4 is 21.2 Å². The van der Waals surface area contributed by atoms with Crippen LogP contribution >= 0.6 is 11.3 Å². The van der Waals surface area contributed by atoms with Gasteiger partial charge < -0.3 is 0 Å². The third kappa shape index (κ3) is 2.72. The molecule has 1 aliphatic rings. The number of hydrogen-bond acceptors (Lipinski definition) is 4. The number of benzene rings is 1. The molecule has 0 aliphatic carbocycles. The Labute approximate surface area is 117 Å². The summed E-state index contributed by atoms with van der Waals surface area (Å²) in [7, 11) is -2.81. The van der Waals surface area contributed by atoms with Crippen molar-refractivity contribution in [3.05, 3.63) is 40.2 Å². The van der Waals surface area contributed by atoms with Gasteiger partial charge in [-0.3, -0.25) is 0 Å². The molecule has 0 bridgehead atoms. The maximum Gasteiger partial charge on any atom is 0.150 e. The smallest absolute Gasteiger partial charge is 0.150 e. The summed E-state index contributed by atoms with van der Waals surface area (Å²) in [5.41, 5.74) is 3.21. The molecule has 5 heteroatoms. The Kier molecular flexibility index (Phi) is 3.19. The van der Waals surface area contributed by atoms with Gasteiger partial charge in [-0.05, 0) is 24.8 Å². The number of hydrogen-bond donors (Lipinski definition) is 0. The lowest BCUT2D eigenvalue weighted by Crippen LogP contribution is -2.03. The minimum Gasteiger partial charge on any atom is -0.242 e. The third-order valence-electron chi connectivity index (χ3n) is 3.53. The molecule has 1 aromatic heterocycles. The molecule has 0 radical (unpaired) electrons. The molecule has 1 aromatic carbocycles. The molecule has 2 heterocycles. The summed E-state index contributed by atoms with van der Waals surface area (Å²) in [5, 5.41) is 3.10. The van der Waals surface area contributed by atoms with Gasteiger partial charge in [0.15, 0.2) is 9.84 Å². The first kappa shape index (κ1) is 12.8. The van der Waals surface area contributed by atoms with Gasteiger partial charge in [0, 0.05) is 10.9 Å². The molecule has 1 aliphatic heterocycles. The predicted molar refractivity (Wildman–Crippen MR) is 78.3 cm³/mol. The second kappa shape index (κ2) is 4.72. The number of thiazole rings is 1. The fourth-order valence-corrected chi connectivity index (χ4v) is 4.88. The molecule has 19 heavy (non-hydrogen) atoms. The van der Waals surface area contributed by atoms with Crippen LogP contribution in [0.15, 0.2) is 29.6 Å². The molecule has 3 rings (SSSR count). The van der Waals surface area contributed by atoms with E-state index >= 15 is 0 Å². The SMILES string of the molecule is Cc1nc(-c2ccc(C3CCS(=O)(=O)C3)cc2)cs1. The van der Waals surface area contributed by atoms with Crippen molar-refractivity contribution in [3.63, 3.8) is 0 Å². The van der Waals surface area contributed by atoms with E-state index in [1.54, 1.807) is 11.3 Å². The summed E-state index contributed by atoms with van der Waals surface area (Å²) in [6.45, 7) is 1.99. The van der Waals surface area contributed by atoms with Gasteiger partial charge in [-0.2, -0.15) is 0 Å². The van der Waals surface area contributed by atoms with Crippen LogP contribution in [0.5, 0.6) is 0 Å². The topological polar surface area (TPSA) is 47.0 Å². The van der Waals surface area contributed by atoms with Gasteiger partial charge in [0.1, 0.15) is 0 Å². The van der Waals surface area contributed by atoms with Gasteiger partial charge in [0.05, 0.1) is 22.2 Å². The van der Waals surface area contributed by atoms with Gasteiger partial charge in [-0.25, -0.2) is 13.4 Å². The average molecular weight is 293 g/mol. The molecule has 3 nitrogen and oxygen atoms in total. The first-order valence-corrected chi connectivity index (χ1v) is 8.96. The Hall–Kier alpha value is -1.20. The average Bonchev–Trinajstić information content (AvgIpc) is 2.96. The molecule has 2 aromatic rings. The highest BCUT2D eigenvalue weighted by Crippen LogP contribution is 2.30. The van der Waals surface area contributed by atoms with E-state index in [1.807, 2.05) is 36.6 Å². The summed E-state index contributed by atoms with van der Waals surface area (Å²) >= 11 is 1.64. The Morgan fingerprint density at radius 3 is 2.53 bits per heavy atom. The fraction of sp³-hybridized carbons (Fsp3) is 0.357. The van der Waals surface area contributed by atoms with Crippen LogP contribution in [0.4, 0.5) is 0 Å². The highest BCUT2D eigenvalue weighted by Gasteiger charge is 2.28. The maximum atomic E-state index is 11.5. The second-order valence-electron chi connectivity index (χ2n) is 4.97. The van der Waals surface area contributed by atoms with Crippen molar-refractivity contribution in [2.24, 2.45) is 0 Å². The molecule has 1 atom stereocenters. The quantitative estimate of drug-likeness (QED) is 0.855. The summed E-state index contributed by atoms with van der Waals surface area (Å²) in [5.74, 6) is 0.781. The van der Waals surface area contributed by atoms with E-state index in [1.165, 1.54) is 0 Å². The van der Waals surface area contributed by atoms with Crippen molar-refractivity contribution < 1.29 is 8.42 Å². The van der Waals surface area contributed by atoms with Crippen LogP contribution in [0.1, 0.15) is 22.9 Å². The zero-order valence-corrected chi connectivity index (χ0v) is 12.3. The molecular weight excluding hydrogens is 278 g/mol. The monoisotopic (exact) mass is 293 g/mol. The van der Waals surface area contributed by atoms with Gasteiger partial charge in [-0.1, -0.05) is 24.3 Å². The molecule has 1 fully saturated rings. The van der Waals surface area contributed by atoms with Crippen molar-refractivity contribution in [2.45, 2.75) is 19.3 Å². The minimum atomic E-state index is -2.81. The van der Waals surface area contributed by atoms with Crippen LogP contribution in [0.2, 0.25) is 0 Å². The lowest BCUT2D eigenvalue weighted by Gasteiger charge is -2.08. The molecular formula is C14H15NO2S2. The molecule has 0 amide bonds. The first-order valence-electron chi connectivity index (χ1n) is 6.26. The summed E-state index contributed by atoms with van der Waals surface area (Å²) in [6.07, 6.45) is 0.748. The molecule has 0 spiro atoms. The van der Waals surface area contributed by atoms with Crippen LogP contribution < -0.4 is 0 Å². The largest absolute Gasteiger partial charge is 0.242 e. The number of aromatic nitrogens is 1. The van der Waals surface area contributed by atoms with Crippen molar-refractivity contribution in [1.29, 1.82) is 0 Å². The molecule has 1 saturated heterocycles. The van der Waals surface area contributed by atoms with Crippen molar-refractivity contribution in [1.82, 2.24) is 4.98 Å². The first-order chi connectivity index (χ1) is 9.03. The van der Waals surface area contributed by atoms with E-state index in [9.17, 15) is 8.42 Å². The maximum absolute atomic E-state index is 11.5. The predicted octanol–water partition coefficient (Wildman–Crippen LogP) is 3.02. The number of nitrogens with zero attached hydrogens (tertiary/aromatic N) is 1. The molecule has 0 N–H and O–H groups in total. The minimum absolute atomic E-state index is 0.163. The van der Waals surface area contributed by atoms with Crippen molar-refractivity contribution in [2.75, 3.05) is 11.5 Å². The second-order valence-corrected chi connectivity index (χ2v) is 8.26. The van der Waals surface area contributed by atoms with Gasteiger partial charge in [0.25, 0.3) is 0 Å². The summed E-state index contributed by atoms with van der Waals surface area (Å²) < 4.78 is 23.0. The van der Waals surface area contributed by atoms with E-state index in [0.29, 0.717) is 11.5 Å². The molecule has 1 unspecified atom stereocenters. The van der Waals surface area contributed by atoms with E-state index in [-0.39, 0.29) is 5.92 Å². The number of sulfone groups is 1. The summed E-state index contributed by atoms with van der Waals surface area (Å²) in [4.78, 5) is 4.45. The van der Waals surface area contributed by atoms with Crippen LogP contribution in [0, 0.1) is 6.92 Å². The Morgan fingerprint density at radius 1 is 1.26 bits per heavy atom. The van der Waals surface area contributed by atoms with Crippen LogP contribution in [-0.4, -0.2) is 24.9 Å². The van der Waals surface area contributed by atoms with E-state index in [4.69, 9.17) is 0 Å². The van der Waals surface area contributed by atoms with E-state index in [2.05, 4.69) is 4.98 Å². The Balaban J connectivity index is 1.83. The summed E-state index contributed by atoms with van der Waals surface area (Å²) in [6, 6.07) is 8.15. The Morgan fingerprint density at radius 2 is 2.00 bits per heavy atom. The number of aryl methyl sites for hydroxylation is 1. The van der Waals surface area contributed by atoms with Crippen LogP contribution in [0.25, 0.3) is 11.3 Å². The highest BCUT2D eigenvalue weighted by atomic mass is 32.2. The molecule has 0 saturated carbocycles. The van der Waals surface area contributed by atoms with Gasteiger partial charge >= 0.3 is 0 Å². The van der Waals surface area contributed by atoms with E-state index in [0.717, 1.165) is 28.2 Å². The van der Waals surface area contributed by atoms with Crippen molar-refractivity contribution in [3.8, 4) is 11.3 Å². The Bertz CT molecular complexity index is 686. The zero-order valence-electron chi connectivity index (χ0n) is 10.7. The van der Waals surface area contributed by atoms with Gasteiger partial charge in [-0.15, -0.1) is 11.3 Å². The van der Waals surface area contributed by atoms with Gasteiger partial charge in [0.2, 0.25) is 0 Å². The third-order valence-corrected chi connectivity index (χ3v) is 6.07. The fourth-order valence-electron chi connectivity index (χ4n) is 2.48. The van der Waals surface area contributed by atoms with Crippen LogP contribution in [0.3, 0.4) is 0 Å².